The highest BCUT2D eigenvalue weighted by Crippen LogP contribution is 2.31. The van der Waals surface area contributed by atoms with Gasteiger partial charge in [0, 0.05) is 26.2 Å². The summed E-state index contributed by atoms with van der Waals surface area (Å²) in [6.45, 7) is 4.62. The van der Waals surface area contributed by atoms with Crippen molar-refractivity contribution in [2.24, 2.45) is 5.92 Å². The first kappa shape index (κ1) is 15.2. The maximum Gasteiger partial charge on any atom is 0.322 e. The number of benzene rings is 1. The third-order valence-corrected chi connectivity index (χ3v) is 3.98. The highest BCUT2D eigenvalue weighted by Gasteiger charge is 2.28. The molecule has 0 spiro atoms. The molecule has 0 aliphatic carbocycles. The molecule has 0 saturated heterocycles. The number of fused-ring (bicyclic) bond motifs is 1. The van der Waals surface area contributed by atoms with Crippen LogP contribution in [0.1, 0.15) is 13.8 Å². The predicted octanol–water partition coefficient (Wildman–Crippen LogP) is 1.76. The molecule has 0 aromatic heterocycles. The maximum absolute atomic E-state index is 12.4. The number of para-hydroxylation sites is 2. The van der Waals surface area contributed by atoms with Crippen LogP contribution in [0.15, 0.2) is 24.3 Å². The smallest absolute Gasteiger partial charge is 0.322 e. The summed E-state index contributed by atoms with van der Waals surface area (Å²) < 4.78 is 0. The van der Waals surface area contributed by atoms with E-state index in [4.69, 9.17) is 5.11 Å². The van der Waals surface area contributed by atoms with Crippen molar-refractivity contribution in [3.8, 4) is 0 Å². The lowest BCUT2D eigenvalue weighted by atomic mass is 10.0. The summed E-state index contributed by atoms with van der Waals surface area (Å²) in [6.07, 6.45) is 0. The van der Waals surface area contributed by atoms with Crippen molar-refractivity contribution in [3.63, 3.8) is 0 Å². The number of anilines is 2. The fourth-order valence-electron chi connectivity index (χ4n) is 2.33. The summed E-state index contributed by atoms with van der Waals surface area (Å²) >= 11 is 0. The Bertz CT molecular complexity index is 547. The molecule has 0 bridgehead atoms. The van der Waals surface area contributed by atoms with Crippen LogP contribution in [-0.4, -0.2) is 43.3 Å². The molecule has 1 heterocycles. The molecule has 0 radical (unpaired) electrons. The van der Waals surface area contributed by atoms with Crippen LogP contribution in [0.4, 0.5) is 16.2 Å². The number of hydrogen-bond donors (Lipinski definition) is 2. The van der Waals surface area contributed by atoms with E-state index in [-0.39, 0.29) is 6.03 Å². The van der Waals surface area contributed by atoms with Gasteiger partial charge in [0.1, 0.15) is 0 Å². The van der Waals surface area contributed by atoms with Crippen molar-refractivity contribution in [2.75, 3.05) is 29.9 Å². The van der Waals surface area contributed by atoms with Crippen LogP contribution in [0.5, 0.6) is 0 Å². The molecule has 21 heavy (non-hydrogen) atoms. The number of rotatable bonds is 3. The van der Waals surface area contributed by atoms with E-state index < -0.39 is 17.9 Å². The summed E-state index contributed by atoms with van der Waals surface area (Å²) in [4.78, 5) is 27.1. The topological polar surface area (TPSA) is 72.9 Å². The fraction of sp³-hybridized carbons (Fsp3) is 0.467. The van der Waals surface area contributed by atoms with Gasteiger partial charge in [-0.2, -0.15) is 0 Å². The zero-order chi connectivity index (χ0) is 15.6. The van der Waals surface area contributed by atoms with Crippen LogP contribution in [0.25, 0.3) is 0 Å². The minimum absolute atomic E-state index is 0.254. The van der Waals surface area contributed by atoms with Gasteiger partial charge in [-0.15, -0.1) is 0 Å². The molecule has 1 aliphatic heterocycles. The number of hydrogen-bond acceptors (Lipinski definition) is 3. The Labute approximate surface area is 124 Å². The Hall–Kier alpha value is -2.24. The van der Waals surface area contributed by atoms with Gasteiger partial charge in [-0.1, -0.05) is 12.1 Å². The van der Waals surface area contributed by atoms with Gasteiger partial charge in [0.2, 0.25) is 0 Å². The molecule has 0 fully saturated rings. The van der Waals surface area contributed by atoms with Crippen molar-refractivity contribution >= 4 is 23.4 Å². The number of urea groups is 1. The second-order valence-electron chi connectivity index (χ2n) is 5.43. The first-order valence-corrected chi connectivity index (χ1v) is 7.03. The average Bonchev–Trinajstić information content (AvgIpc) is 2.46. The van der Waals surface area contributed by atoms with Crippen LogP contribution < -0.4 is 15.1 Å². The lowest BCUT2D eigenvalue weighted by molar-refractivity contribution is -0.141. The number of carbonyl (C=O) groups is 2. The van der Waals surface area contributed by atoms with Gasteiger partial charge in [-0.3, -0.25) is 9.69 Å². The summed E-state index contributed by atoms with van der Waals surface area (Å²) in [6, 6.07) is 7.01. The Morgan fingerprint density at radius 2 is 1.81 bits per heavy atom. The van der Waals surface area contributed by atoms with Crippen LogP contribution in [-0.2, 0) is 4.79 Å². The first-order chi connectivity index (χ1) is 9.91. The van der Waals surface area contributed by atoms with Crippen molar-refractivity contribution in [2.45, 2.75) is 19.9 Å². The molecule has 2 atom stereocenters. The Kier molecular flexibility index (Phi) is 4.35. The van der Waals surface area contributed by atoms with Gasteiger partial charge in [0.25, 0.3) is 0 Å². The van der Waals surface area contributed by atoms with E-state index in [9.17, 15) is 9.59 Å². The molecule has 1 aromatic carbocycles. The SMILES string of the molecule is CC(NC(=O)N1CCN(C)c2ccccc21)C(C)C(=O)O. The Morgan fingerprint density at radius 1 is 1.19 bits per heavy atom. The molecular weight excluding hydrogens is 270 g/mol. The van der Waals surface area contributed by atoms with Crippen molar-refractivity contribution in [1.82, 2.24) is 5.32 Å². The first-order valence-electron chi connectivity index (χ1n) is 7.03. The zero-order valence-electron chi connectivity index (χ0n) is 12.5. The van der Waals surface area contributed by atoms with Crippen LogP contribution in [0.3, 0.4) is 0 Å². The highest BCUT2D eigenvalue weighted by molar-refractivity contribution is 5.97. The van der Waals surface area contributed by atoms with Gasteiger partial charge < -0.3 is 15.3 Å². The molecule has 2 N–H and O–H groups in total. The molecule has 1 aliphatic rings. The molecule has 2 unspecified atom stereocenters. The van der Waals surface area contributed by atoms with E-state index >= 15 is 0 Å². The van der Waals surface area contributed by atoms with E-state index in [1.807, 2.05) is 31.3 Å². The largest absolute Gasteiger partial charge is 0.481 e. The van der Waals surface area contributed by atoms with Gasteiger partial charge >= 0.3 is 12.0 Å². The Morgan fingerprint density at radius 3 is 2.43 bits per heavy atom. The van der Waals surface area contributed by atoms with Gasteiger partial charge in [-0.25, -0.2) is 4.79 Å². The van der Waals surface area contributed by atoms with E-state index in [0.29, 0.717) is 6.54 Å². The summed E-state index contributed by atoms with van der Waals surface area (Å²) in [5, 5.41) is 11.8. The number of amides is 2. The molecule has 6 nitrogen and oxygen atoms in total. The molecular formula is C15H21N3O3. The summed E-state index contributed by atoms with van der Waals surface area (Å²) in [5.41, 5.74) is 1.84. The number of aliphatic carboxylic acids is 1. The predicted molar refractivity (Wildman–Crippen MR) is 81.9 cm³/mol. The number of nitrogens with one attached hydrogen (secondary N) is 1. The number of nitrogens with zero attached hydrogens (tertiary/aromatic N) is 2. The maximum atomic E-state index is 12.4. The number of carboxylic acid groups (broad SMARTS) is 1. The molecule has 2 amide bonds. The number of carboxylic acids is 1. The van der Waals surface area contributed by atoms with Crippen LogP contribution >= 0.6 is 0 Å². The van der Waals surface area contributed by atoms with E-state index in [1.54, 1.807) is 18.7 Å². The summed E-state index contributed by atoms with van der Waals surface area (Å²) in [5.74, 6) is -1.54. The van der Waals surface area contributed by atoms with Gasteiger partial charge in [0.15, 0.2) is 0 Å². The van der Waals surface area contributed by atoms with Crippen molar-refractivity contribution < 1.29 is 14.7 Å². The normalized spacial score (nSPS) is 16.9. The van der Waals surface area contributed by atoms with E-state index in [0.717, 1.165) is 17.9 Å². The van der Waals surface area contributed by atoms with Crippen molar-refractivity contribution in [1.29, 1.82) is 0 Å². The molecule has 2 rings (SSSR count). The van der Waals surface area contributed by atoms with E-state index in [2.05, 4.69) is 10.2 Å². The highest BCUT2D eigenvalue weighted by atomic mass is 16.4. The second kappa shape index (κ2) is 6.03. The molecule has 0 saturated carbocycles. The third-order valence-electron chi connectivity index (χ3n) is 3.98. The molecule has 6 heteroatoms. The minimum Gasteiger partial charge on any atom is -0.481 e. The van der Waals surface area contributed by atoms with Crippen LogP contribution in [0, 0.1) is 5.92 Å². The zero-order valence-corrected chi connectivity index (χ0v) is 12.5. The number of likely N-dealkylation sites (N-methyl/N-ethyl adjacent to an activating group) is 1. The average molecular weight is 291 g/mol. The standard InChI is InChI=1S/C15H21N3O3/c1-10(14(19)20)11(2)16-15(21)18-9-8-17(3)12-6-4-5-7-13(12)18/h4-7,10-11H,8-9H2,1-3H3,(H,16,21)(H,19,20). The lowest BCUT2D eigenvalue weighted by Gasteiger charge is -2.36. The third kappa shape index (κ3) is 3.09. The van der Waals surface area contributed by atoms with Crippen LogP contribution in [0.2, 0.25) is 0 Å². The number of carbonyl (C=O) groups excluding carboxylic acids is 1. The fourth-order valence-corrected chi connectivity index (χ4v) is 2.33. The molecule has 114 valence electrons. The minimum atomic E-state index is -0.915. The molecule has 1 aromatic rings. The second-order valence-corrected chi connectivity index (χ2v) is 5.43. The Balaban J connectivity index is 2.14. The monoisotopic (exact) mass is 291 g/mol. The van der Waals surface area contributed by atoms with E-state index in [1.165, 1.54) is 0 Å². The summed E-state index contributed by atoms with van der Waals surface area (Å²) in [7, 11) is 1.99. The van der Waals surface area contributed by atoms with Gasteiger partial charge in [0.05, 0.1) is 17.3 Å². The van der Waals surface area contributed by atoms with Gasteiger partial charge in [-0.05, 0) is 26.0 Å². The quantitative estimate of drug-likeness (QED) is 0.890. The lowest BCUT2D eigenvalue weighted by Crippen LogP contribution is -2.51. The van der Waals surface area contributed by atoms with Crippen molar-refractivity contribution in [3.05, 3.63) is 24.3 Å².